The Balaban J connectivity index is 1.75. The van der Waals surface area contributed by atoms with Gasteiger partial charge >= 0.3 is 0 Å². The normalized spacial score (nSPS) is 38.1. The lowest BCUT2D eigenvalue weighted by molar-refractivity contribution is 0.193. The summed E-state index contributed by atoms with van der Waals surface area (Å²) in [6.07, 6.45) is 4.77. The van der Waals surface area contributed by atoms with E-state index in [1.54, 1.807) is 0 Å². The summed E-state index contributed by atoms with van der Waals surface area (Å²) in [7, 11) is 4.34. The van der Waals surface area contributed by atoms with Crippen molar-refractivity contribution in [2.75, 3.05) is 27.2 Å². The van der Waals surface area contributed by atoms with E-state index in [1.807, 2.05) is 0 Å². The predicted octanol–water partition coefficient (Wildman–Crippen LogP) is 1.15. The number of epoxide rings is 1. The van der Waals surface area contributed by atoms with Crippen molar-refractivity contribution < 1.29 is 4.74 Å². The van der Waals surface area contributed by atoms with Gasteiger partial charge in [0.1, 0.15) is 6.23 Å². The molecule has 2 fully saturated rings. The zero-order chi connectivity index (χ0) is 10.1. The summed E-state index contributed by atoms with van der Waals surface area (Å²) >= 11 is 0. The minimum absolute atomic E-state index is 0.458. The molecule has 0 spiro atoms. The lowest BCUT2D eigenvalue weighted by atomic mass is 10.2. The lowest BCUT2D eigenvalue weighted by Crippen LogP contribution is -2.33. The number of ether oxygens (including phenoxy) is 1. The molecule has 3 atom stereocenters. The molecule has 0 N–H and O–H groups in total. The van der Waals surface area contributed by atoms with Crippen LogP contribution in [0.1, 0.15) is 26.2 Å². The van der Waals surface area contributed by atoms with E-state index in [-0.39, 0.29) is 0 Å². The molecule has 3 nitrogen and oxygen atoms in total. The van der Waals surface area contributed by atoms with Gasteiger partial charge < -0.3 is 9.64 Å². The molecular formula is C11H22N2O. The average molecular weight is 198 g/mol. The van der Waals surface area contributed by atoms with Gasteiger partial charge in [0.15, 0.2) is 0 Å². The van der Waals surface area contributed by atoms with Gasteiger partial charge in [-0.3, -0.25) is 4.90 Å². The Morgan fingerprint density at radius 1 is 1.43 bits per heavy atom. The van der Waals surface area contributed by atoms with E-state index >= 15 is 0 Å². The van der Waals surface area contributed by atoms with Crippen molar-refractivity contribution in [3.05, 3.63) is 0 Å². The summed E-state index contributed by atoms with van der Waals surface area (Å²) in [4.78, 5) is 4.84. The molecule has 2 aliphatic heterocycles. The number of hydrogen-bond donors (Lipinski definition) is 0. The number of rotatable bonds is 4. The molecule has 3 heteroatoms. The van der Waals surface area contributed by atoms with Crippen molar-refractivity contribution in [2.24, 2.45) is 0 Å². The third kappa shape index (κ3) is 2.10. The van der Waals surface area contributed by atoms with E-state index in [1.165, 1.54) is 32.4 Å². The van der Waals surface area contributed by atoms with E-state index in [4.69, 9.17) is 4.74 Å². The Hall–Kier alpha value is -0.120. The van der Waals surface area contributed by atoms with Crippen molar-refractivity contribution in [3.63, 3.8) is 0 Å². The molecule has 2 aliphatic rings. The molecule has 0 amide bonds. The van der Waals surface area contributed by atoms with Gasteiger partial charge in [-0.05, 0) is 26.9 Å². The summed E-state index contributed by atoms with van der Waals surface area (Å²) in [6, 6.07) is 0.737. The zero-order valence-electron chi connectivity index (χ0n) is 9.57. The minimum atomic E-state index is 0.458. The van der Waals surface area contributed by atoms with Crippen LogP contribution in [0.3, 0.4) is 0 Å². The first kappa shape index (κ1) is 10.4. The van der Waals surface area contributed by atoms with Gasteiger partial charge in [-0.15, -0.1) is 0 Å². The number of likely N-dealkylation sites (N-methyl/N-ethyl adjacent to an activating group) is 1. The molecule has 3 unspecified atom stereocenters. The van der Waals surface area contributed by atoms with Gasteiger partial charge in [0.05, 0.1) is 6.10 Å². The molecule has 0 saturated carbocycles. The van der Waals surface area contributed by atoms with Crippen molar-refractivity contribution in [2.45, 2.75) is 44.6 Å². The first-order valence-electron chi connectivity index (χ1n) is 5.78. The lowest BCUT2D eigenvalue weighted by Gasteiger charge is -2.19. The summed E-state index contributed by atoms with van der Waals surface area (Å²) in [5, 5.41) is 0. The van der Waals surface area contributed by atoms with Crippen LogP contribution < -0.4 is 0 Å². The molecule has 0 radical (unpaired) electrons. The highest BCUT2D eigenvalue weighted by atomic mass is 16.6. The second-order valence-electron chi connectivity index (χ2n) is 4.75. The van der Waals surface area contributed by atoms with Crippen LogP contribution in [0.4, 0.5) is 0 Å². The largest absolute Gasteiger partial charge is 0.353 e. The Bertz CT molecular complexity index is 196. The van der Waals surface area contributed by atoms with E-state index in [0.29, 0.717) is 12.3 Å². The predicted molar refractivity (Wildman–Crippen MR) is 57.2 cm³/mol. The molecule has 82 valence electrons. The van der Waals surface area contributed by atoms with Crippen LogP contribution in [0.5, 0.6) is 0 Å². The van der Waals surface area contributed by atoms with E-state index in [9.17, 15) is 0 Å². The summed E-state index contributed by atoms with van der Waals surface area (Å²) in [5.41, 5.74) is 0. The highest BCUT2D eigenvalue weighted by molar-refractivity contribution is 4.91. The molecule has 0 bridgehead atoms. The fourth-order valence-corrected chi connectivity index (χ4v) is 2.37. The van der Waals surface area contributed by atoms with Crippen LogP contribution in [-0.2, 0) is 4.74 Å². The standard InChI is InChI=1S/C11H22N2O/c1-4-5-10-11(14-10)13-7-6-9(8-13)12(2)3/h9-11H,4-8H2,1-3H3. The van der Waals surface area contributed by atoms with E-state index in [2.05, 4.69) is 30.8 Å². The van der Waals surface area contributed by atoms with Crippen molar-refractivity contribution in [1.29, 1.82) is 0 Å². The van der Waals surface area contributed by atoms with Gasteiger partial charge in [-0.1, -0.05) is 13.3 Å². The minimum Gasteiger partial charge on any atom is -0.353 e. The molecule has 2 heterocycles. The second kappa shape index (κ2) is 4.17. The van der Waals surface area contributed by atoms with Crippen LogP contribution in [0.25, 0.3) is 0 Å². The highest BCUT2D eigenvalue weighted by Gasteiger charge is 2.45. The topological polar surface area (TPSA) is 19.0 Å². The SMILES string of the molecule is CCCC1OC1N1CCC(N(C)C)C1. The molecule has 0 aromatic heterocycles. The van der Waals surface area contributed by atoms with Gasteiger partial charge in [0.25, 0.3) is 0 Å². The number of likely N-dealkylation sites (tertiary alicyclic amines) is 1. The monoisotopic (exact) mass is 198 g/mol. The molecule has 0 aromatic rings. The Kier molecular flexibility index (Phi) is 3.10. The summed E-state index contributed by atoms with van der Waals surface area (Å²) in [6.45, 7) is 4.64. The average Bonchev–Trinajstić information content (AvgIpc) is 2.75. The number of nitrogens with zero attached hydrogens (tertiary/aromatic N) is 2. The maximum Gasteiger partial charge on any atom is 0.137 e. The molecule has 0 aromatic carbocycles. The highest BCUT2D eigenvalue weighted by Crippen LogP contribution is 2.32. The van der Waals surface area contributed by atoms with Gasteiger partial charge in [0.2, 0.25) is 0 Å². The fourth-order valence-electron chi connectivity index (χ4n) is 2.37. The van der Waals surface area contributed by atoms with Crippen LogP contribution in [0, 0.1) is 0 Å². The van der Waals surface area contributed by atoms with Gasteiger partial charge in [-0.25, -0.2) is 0 Å². The van der Waals surface area contributed by atoms with Crippen LogP contribution in [-0.4, -0.2) is 55.4 Å². The quantitative estimate of drug-likeness (QED) is 0.632. The van der Waals surface area contributed by atoms with Crippen LogP contribution >= 0.6 is 0 Å². The third-order valence-corrected chi connectivity index (χ3v) is 3.41. The Labute approximate surface area is 87.0 Å². The maximum atomic E-state index is 5.68. The molecule has 2 rings (SSSR count). The van der Waals surface area contributed by atoms with E-state index in [0.717, 1.165) is 6.04 Å². The summed E-state index contributed by atoms with van der Waals surface area (Å²) < 4.78 is 5.68. The fraction of sp³-hybridized carbons (Fsp3) is 1.00. The first-order valence-corrected chi connectivity index (χ1v) is 5.78. The van der Waals surface area contributed by atoms with Crippen molar-refractivity contribution in [1.82, 2.24) is 9.80 Å². The van der Waals surface area contributed by atoms with Gasteiger partial charge in [0, 0.05) is 19.1 Å². The molecule has 14 heavy (non-hydrogen) atoms. The molecule has 2 saturated heterocycles. The summed E-state index contributed by atoms with van der Waals surface area (Å²) in [5.74, 6) is 0. The maximum absolute atomic E-state index is 5.68. The molecule has 0 aliphatic carbocycles. The van der Waals surface area contributed by atoms with Crippen molar-refractivity contribution >= 4 is 0 Å². The van der Waals surface area contributed by atoms with E-state index < -0.39 is 0 Å². The Morgan fingerprint density at radius 3 is 2.79 bits per heavy atom. The van der Waals surface area contributed by atoms with Crippen LogP contribution in [0.2, 0.25) is 0 Å². The molecular weight excluding hydrogens is 176 g/mol. The zero-order valence-corrected chi connectivity index (χ0v) is 9.57. The first-order chi connectivity index (χ1) is 6.72. The Morgan fingerprint density at radius 2 is 2.21 bits per heavy atom. The second-order valence-corrected chi connectivity index (χ2v) is 4.75. The smallest absolute Gasteiger partial charge is 0.137 e. The third-order valence-electron chi connectivity index (χ3n) is 3.41. The number of hydrogen-bond acceptors (Lipinski definition) is 3. The van der Waals surface area contributed by atoms with Gasteiger partial charge in [-0.2, -0.15) is 0 Å². The van der Waals surface area contributed by atoms with Crippen molar-refractivity contribution in [3.8, 4) is 0 Å². The van der Waals surface area contributed by atoms with Crippen LogP contribution in [0.15, 0.2) is 0 Å².